The van der Waals surface area contributed by atoms with Gasteiger partial charge >= 0.3 is 12.1 Å². The molecule has 11 heteroatoms. The fraction of sp³-hybridized carbons (Fsp3) is 0.103. The number of carboxylic acids is 1. The molecule has 0 aliphatic rings. The molecule has 202 valence electrons. The maximum Gasteiger partial charge on any atom is 0.416 e. The smallest absolute Gasteiger partial charge is 0.416 e. The van der Waals surface area contributed by atoms with Gasteiger partial charge in [-0.15, -0.1) is 10.2 Å². The first-order valence-corrected chi connectivity index (χ1v) is 11.9. The molecular weight excluding hydrogens is 525 g/mol. The van der Waals surface area contributed by atoms with Crippen LogP contribution < -0.4 is 0 Å². The Kier molecular flexibility index (Phi) is 6.50. The number of hydrogen-bond acceptors (Lipinski definition) is 6. The molecule has 0 saturated heterocycles. The lowest BCUT2D eigenvalue weighted by Gasteiger charge is -2.11. The Hall–Kier alpha value is -5.19. The Morgan fingerprint density at radius 1 is 0.925 bits per heavy atom. The molecule has 0 aliphatic carbocycles. The fourth-order valence-corrected chi connectivity index (χ4v) is 4.54. The van der Waals surface area contributed by atoms with Crippen molar-refractivity contribution < 1.29 is 33.3 Å². The minimum Gasteiger partial charge on any atom is -0.504 e. The molecule has 0 atom stereocenters. The van der Waals surface area contributed by atoms with Crippen molar-refractivity contribution in [1.82, 2.24) is 9.55 Å². The van der Waals surface area contributed by atoms with E-state index in [0.29, 0.717) is 11.3 Å². The number of carboxylic acid groups (broad SMARTS) is 1. The summed E-state index contributed by atoms with van der Waals surface area (Å²) in [5, 5.41) is 39.6. The molecule has 8 nitrogen and oxygen atoms in total. The predicted octanol–water partition coefficient (Wildman–Crippen LogP) is 7.85. The highest BCUT2D eigenvalue weighted by atomic mass is 19.4. The van der Waals surface area contributed by atoms with Gasteiger partial charge in [0.2, 0.25) is 11.7 Å². The number of rotatable bonds is 5. The van der Waals surface area contributed by atoms with Crippen LogP contribution in [0.1, 0.15) is 27.0 Å². The first-order chi connectivity index (χ1) is 18.9. The van der Waals surface area contributed by atoms with E-state index in [2.05, 4.69) is 15.2 Å². The highest BCUT2D eigenvalue weighted by molar-refractivity contribution is 5.97. The number of fused-ring (bicyclic) bond motifs is 1. The Morgan fingerprint density at radius 3 is 2.33 bits per heavy atom. The van der Waals surface area contributed by atoms with Crippen LogP contribution in [0.15, 0.2) is 83.2 Å². The minimum absolute atomic E-state index is 0.0132. The van der Waals surface area contributed by atoms with Crippen molar-refractivity contribution in [2.75, 3.05) is 0 Å². The lowest BCUT2D eigenvalue weighted by atomic mass is 10.0. The third kappa shape index (κ3) is 4.84. The van der Waals surface area contributed by atoms with Crippen molar-refractivity contribution in [2.24, 2.45) is 10.2 Å². The van der Waals surface area contributed by atoms with E-state index < -0.39 is 29.3 Å². The molecule has 0 amide bonds. The summed E-state index contributed by atoms with van der Waals surface area (Å²) in [4.78, 5) is 15.4. The topological polar surface area (TPSA) is 120 Å². The zero-order valence-corrected chi connectivity index (χ0v) is 21.1. The largest absolute Gasteiger partial charge is 0.504 e. The van der Waals surface area contributed by atoms with Gasteiger partial charge in [0.1, 0.15) is 0 Å². The monoisotopic (exact) mass is 546 g/mol. The number of pyridine rings is 1. The third-order valence-corrected chi connectivity index (χ3v) is 6.28. The van der Waals surface area contributed by atoms with Crippen LogP contribution in [0.5, 0.6) is 11.6 Å². The molecule has 2 heterocycles. The lowest BCUT2D eigenvalue weighted by molar-refractivity contribution is -0.137. The number of carbonyl (C=O) groups is 1. The normalized spacial score (nSPS) is 11.9. The molecular formula is C29H21F3N4O4. The Labute approximate surface area is 225 Å². The van der Waals surface area contributed by atoms with E-state index in [9.17, 15) is 33.3 Å². The van der Waals surface area contributed by atoms with Gasteiger partial charge in [-0.25, -0.2) is 9.78 Å². The summed E-state index contributed by atoms with van der Waals surface area (Å²) in [5.74, 6) is -2.23. The minimum atomic E-state index is -4.61. The Balaban J connectivity index is 1.66. The number of hydrogen-bond donors (Lipinski definition) is 3. The zero-order valence-electron chi connectivity index (χ0n) is 21.1. The molecule has 0 radical (unpaired) electrons. The summed E-state index contributed by atoms with van der Waals surface area (Å²) in [7, 11) is 0. The lowest BCUT2D eigenvalue weighted by Crippen LogP contribution is -2.05. The molecule has 3 N–H and O–H groups in total. The van der Waals surface area contributed by atoms with Crippen LogP contribution in [-0.4, -0.2) is 30.8 Å². The molecule has 0 aliphatic heterocycles. The first-order valence-electron chi connectivity index (χ1n) is 11.9. The third-order valence-electron chi connectivity index (χ3n) is 6.28. The molecule has 0 fully saturated rings. The van der Waals surface area contributed by atoms with Crippen LogP contribution in [-0.2, 0) is 6.18 Å². The van der Waals surface area contributed by atoms with E-state index >= 15 is 0 Å². The molecule has 2 aromatic heterocycles. The number of azo groups is 1. The van der Waals surface area contributed by atoms with Gasteiger partial charge in [0.05, 0.1) is 16.6 Å². The Bertz CT molecular complexity index is 1810. The van der Waals surface area contributed by atoms with Gasteiger partial charge in [0.15, 0.2) is 11.4 Å². The van der Waals surface area contributed by atoms with E-state index in [1.807, 2.05) is 19.9 Å². The number of aromatic hydroxyl groups is 2. The summed E-state index contributed by atoms with van der Waals surface area (Å²) in [5.41, 5.74) is 1.79. The predicted molar refractivity (Wildman–Crippen MR) is 142 cm³/mol. The van der Waals surface area contributed by atoms with Crippen molar-refractivity contribution in [3.05, 3.63) is 95.2 Å². The second kappa shape index (κ2) is 9.84. The van der Waals surface area contributed by atoms with Crippen LogP contribution in [0.4, 0.5) is 24.7 Å². The van der Waals surface area contributed by atoms with Crippen LogP contribution >= 0.6 is 0 Å². The molecule has 3 aromatic carbocycles. The summed E-state index contributed by atoms with van der Waals surface area (Å²) in [6.45, 7) is 3.66. The molecule has 5 aromatic rings. The molecule has 5 rings (SSSR count). The molecule has 0 spiro atoms. The van der Waals surface area contributed by atoms with Crippen molar-refractivity contribution in [2.45, 2.75) is 20.0 Å². The number of aryl methyl sites for hydroxylation is 2. The zero-order chi connectivity index (χ0) is 28.8. The summed E-state index contributed by atoms with van der Waals surface area (Å²) >= 11 is 0. The van der Waals surface area contributed by atoms with Gasteiger partial charge in [0.25, 0.3) is 0 Å². The molecule has 40 heavy (non-hydrogen) atoms. The van der Waals surface area contributed by atoms with E-state index in [4.69, 9.17) is 0 Å². The fourth-order valence-electron chi connectivity index (χ4n) is 4.54. The molecule has 0 unspecified atom stereocenters. The average Bonchev–Trinajstić information content (AvgIpc) is 3.17. The number of benzene rings is 3. The van der Waals surface area contributed by atoms with E-state index in [-0.39, 0.29) is 33.5 Å². The number of alkyl halides is 3. The Morgan fingerprint density at radius 2 is 1.65 bits per heavy atom. The maximum absolute atomic E-state index is 13.6. The standard InChI is InChI=1S/C29H21F3N4O4/c1-15-10-16(2)12-20(11-15)36-23-14-19(29(30,31)32)6-7-22(23)24(27(36)38)34-35-26-25(37)21(8-9-33-26)17-4-3-5-18(13-17)28(39)40/h3-14,37-38H,1-2H3,(H,39,40). The van der Waals surface area contributed by atoms with Gasteiger partial charge in [-0.3, -0.25) is 4.57 Å². The maximum atomic E-state index is 13.6. The first kappa shape index (κ1) is 26.4. The van der Waals surface area contributed by atoms with Crippen molar-refractivity contribution >= 4 is 28.4 Å². The average molecular weight is 547 g/mol. The van der Waals surface area contributed by atoms with Gasteiger partial charge < -0.3 is 15.3 Å². The van der Waals surface area contributed by atoms with E-state index in [1.165, 1.54) is 41.1 Å². The van der Waals surface area contributed by atoms with Crippen LogP contribution in [0.3, 0.4) is 0 Å². The summed E-state index contributed by atoms with van der Waals surface area (Å²) < 4.78 is 42.0. The second-order valence-corrected chi connectivity index (χ2v) is 9.20. The van der Waals surface area contributed by atoms with Gasteiger partial charge in [-0.05, 0) is 79.1 Å². The van der Waals surface area contributed by atoms with Gasteiger partial charge in [-0.1, -0.05) is 18.2 Å². The van der Waals surface area contributed by atoms with Crippen molar-refractivity contribution in [1.29, 1.82) is 0 Å². The van der Waals surface area contributed by atoms with E-state index in [0.717, 1.165) is 23.3 Å². The number of aromatic nitrogens is 2. The van der Waals surface area contributed by atoms with E-state index in [1.54, 1.807) is 18.2 Å². The summed E-state index contributed by atoms with van der Waals surface area (Å²) in [6, 6.07) is 15.7. The number of nitrogens with zero attached hydrogens (tertiary/aromatic N) is 4. The quantitative estimate of drug-likeness (QED) is 0.194. The summed E-state index contributed by atoms with van der Waals surface area (Å²) in [6.07, 6.45) is -3.28. The molecule has 0 bridgehead atoms. The van der Waals surface area contributed by atoms with Crippen LogP contribution in [0.25, 0.3) is 27.7 Å². The number of halogens is 3. The molecule has 0 saturated carbocycles. The number of aromatic carboxylic acids is 1. The van der Waals surface area contributed by atoms with Crippen LogP contribution in [0, 0.1) is 13.8 Å². The highest BCUT2D eigenvalue weighted by Gasteiger charge is 2.32. The highest BCUT2D eigenvalue weighted by Crippen LogP contribution is 2.44. The van der Waals surface area contributed by atoms with Crippen molar-refractivity contribution in [3.8, 4) is 28.4 Å². The van der Waals surface area contributed by atoms with Gasteiger partial charge in [0, 0.05) is 22.8 Å². The second-order valence-electron chi connectivity index (χ2n) is 9.20. The van der Waals surface area contributed by atoms with Gasteiger partial charge in [-0.2, -0.15) is 13.2 Å². The van der Waals surface area contributed by atoms with Crippen molar-refractivity contribution in [3.63, 3.8) is 0 Å². The van der Waals surface area contributed by atoms with Crippen LogP contribution in [0.2, 0.25) is 0 Å². The SMILES string of the molecule is Cc1cc(C)cc(-n2c(O)c(N=Nc3nccc(-c4cccc(C(=O)O)c4)c3O)c3ccc(C(F)(F)F)cc32)c1.